The van der Waals surface area contributed by atoms with Crippen LogP contribution in [0, 0.1) is 0 Å². The number of carbonyl (C=O) groups is 2. The highest BCUT2D eigenvalue weighted by Gasteiger charge is 2.29. The molecule has 1 aliphatic carbocycles. The van der Waals surface area contributed by atoms with Crippen LogP contribution in [0.1, 0.15) is 36.3 Å². The number of fused-ring (bicyclic) bond motifs is 3. The van der Waals surface area contributed by atoms with Crippen LogP contribution in [-0.4, -0.2) is 45.3 Å². The number of benzene rings is 2. The number of rotatable bonds is 9. The number of likely N-dealkylation sites (N-methyl/N-ethyl adjacent to an activating group) is 1. The van der Waals surface area contributed by atoms with Gasteiger partial charge in [0.15, 0.2) is 0 Å². The minimum atomic E-state index is -0.590. The first kappa shape index (κ1) is 20.9. The van der Waals surface area contributed by atoms with Gasteiger partial charge in [-0.1, -0.05) is 48.5 Å². The zero-order valence-electron chi connectivity index (χ0n) is 17.0. The molecule has 29 heavy (non-hydrogen) atoms. The average Bonchev–Trinajstić information content (AvgIpc) is 3.07. The Hall–Kier alpha value is -2.86. The SMILES string of the molecule is CNCCCCC(NC(=O)OCC1c2ccccc2-c2ccccc21)C(=O)NC. The summed E-state index contributed by atoms with van der Waals surface area (Å²) in [6.45, 7) is 1.12. The molecule has 0 heterocycles. The lowest BCUT2D eigenvalue weighted by atomic mass is 9.98. The molecule has 154 valence electrons. The average molecular weight is 396 g/mol. The van der Waals surface area contributed by atoms with E-state index in [-0.39, 0.29) is 18.4 Å². The highest BCUT2D eigenvalue weighted by atomic mass is 16.5. The van der Waals surface area contributed by atoms with Crippen LogP contribution in [0.2, 0.25) is 0 Å². The molecule has 1 atom stereocenters. The summed E-state index contributed by atoms with van der Waals surface area (Å²) < 4.78 is 5.55. The van der Waals surface area contributed by atoms with E-state index in [4.69, 9.17) is 4.74 Å². The zero-order valence-corrected chi connectivity index (χ0v) is 17.0. The Morgan fingerprint density at radius 1 is 0.966 bits per heavy atom. The van der Waals surface area contributed by atoms with Gasteiger partial charge in [-0.15, -0.1) is 0 Å². The molecule has 0 bridgehead atoms. The van der Waals surface area contributed by atoms with E-state index in [2.05, 4.69) is 40.2 Å². The van der Waals surface area contributed by atoms with Crippen LogP contribution in [0.5, 0.6) is 0 Å². The van der Waals surface area contributed by atoms with Crippen molar-refractivity contribution in [2.24, 2.45) is 0 Å². The highest BCUT2D eigenvalue weighted by molar-refractivity contribution is 5.85. The van der Waals surface area contributed by atoms with Crippen molar-refractivity contribution < 1.29 is 14.3 Å². The van der Waals surface area contributed by atoms with E-state index < -0.39 is 12.1 Å². The summed E-state index contributed by atoms with van der Waals surface area (Å²) in [6, 6.07) is 15.8. The lowest BCUT2D eigenvalue weighted by Gasteiger charge is -2.19. The van der Waals surface area contributed by atoms with Gasteiger partial charge in [0.05, 0.1) is 0 Å². The van der Waals surface area contributed by atoms with E-state index in [0.29, 0.717) is 6.42 Å². The molecule has 0 saturated heterocycles. The number of hydrogen-bond donors (Lipinski definition) is 3. The molecule has 2 aromatic rings. The molecular formula is C23H29N3O3. The third-order valence-electron chi connectivity index (χ3n) is 5.37. The van der Waals surface area contributed by atoms with Crippen molar-refractivity contribution in [3.05, 3.63) is 59.7 Å². The van der Waals surface area contributed by atoms with Crippen LogP contribution in [0.15, 0.2) is 48.5 Å². The fourth-order valence-corrected chi connectivity index (χ4v) is 3.88. The largest absolute Gasteiger partial charge is 0.449 e. The molecule has 0 radical (unpaired) electrons. The van der Waals surface area contributed by atoms with Gasteiger partial charge in [0.2, 0.25) is 5.91 Å². The van der Waals surface area contributed by atoms with E-state index in [1.165, 1.54) is 11.1 Å². The second kappa shape index (κ2) is 10.1. The Kier molecular flexibility index (Phi) is 7.25. The van der Waals surface area contributed by atoms with Gasteiger partial charge in [0.1, 0.15) is 12.6 Å². The number of nitrogens with one attached hydrogen (secondary N) is 3. The molecule has 0 saturated carbocycles. The van der Waals surface area contributed by atoms with Crippen molar-refractivity contribution in [3.63, 3.8) is 0 Å². The van der Waals surface area contributed by atoms with Gasteiger partial charge in [-0.2, -0.15) is 0 Å². The van der Waals surface area contributed by atoms with E-state index in [1.807, 2.05) is 31.3 Å². The van der Waals surface area contributed by atoms with Crippen molar-refractivity contribution >= 4 is 12.0 Å². The lowest BCUT2D eigenvalue weighted by Crippen LogP contribution is -2.46. The highest BCUT2D eigenvalue weighted by Crippen LogP contribution is 2.44. The molecule has 6 heteroatoms. The maximum Gasteiger partial charge on any atom is 0.407 e. The summed E-state index contributed by atoms with van der Waals surface area (Å²) >= 11 is 0. The molecule has 1 aliphatic rings. The van der Waals surface area contributed by atoms with Gasteiger partial charge < -0.3 is 20.7 Å². The zero-order chi connectivity index (χ0) is 20.6. The summed E-state index contributed by atoms with van der Waals surface area (Å²) in [5.41, 5.74) is 4.70. The standard InChI is InChI=1S/C23H29N3O3/c1-24-14-8-7-13-21(22(27)25-2)26-23(28)29-15-20-18-11-5-3-9-16(18)17-10-4-6-12-19(17)20/h3-6,9-12,20-21,24H,7-8,13-15H2,1-2H3,(H,25,27)(H,26,28). The Morgan fingerprint density at radius 2 is 1.59 bits per heavy atom. The van der Waals surface area contributed by atoms with Gasteiger partial charge in [-0.05, 0) is 55.1 Å². The number of unbranched alkanes of at least 4 members (excludes halogenated alkanes) is 1. The number of ether oxygens (including phenoxy) is 1. The van der Waals surface area contributed by atoms with Crippen molar-refractivity contribution in [1.82, 2.24) is 16.0 Å². The summed E-state index contributed by atoms with van der Waals surface area (Å²) in [7, 11) is 3.47. The van der Waals surface area contributed by atoms with Crippen LogP contribution in [-0.2, 0) is 9.53 Å². The summed E-state index contributed by atoms with van der Waals surface area (Å²) in [5, 5.41) is 8.41. The number of alkyl carbamates (subject to hydrolysis) is 1. The molecule has 2 aromatic carbocycles. The lowest BCUT2D eigenvalue weighted by molar-refractivity contribution is -0.122. The minimum absolute atomic E-state index is 0.00207. The maximum absolute atomic E-state index is 12.4. The third kappa shape index (κ3) is 4.95. The summed E-state index contributed by atoms with van der Waals surface area (Å²) in [4.78, 5) is 24.5. The second-order valence-electron chi connectivity index (χ2n) is 7.24. The van der Waals surface area contributed by atoms with Crippen LogP contribution in [0.4, 0.5) is 4.79 Å². The molecule has 0 spiro atoms. The van der Waals surface area contributed by atoms with E-state index in [0.717, 1.165) is 30.5 Å². The molecule has 0 fully saturated rings. The summed E-state index contributed by atoms with van der Waals surface area (Å²) in [5.74, 6) is -0.204. The van der Waals surface area contributed by atoms with Gasteiger partial charge in [-0.3, -0.25) is 4.79 Å². The van der Waals surface area contributed by atoms with Crippen molar-refractivity contribution in [2.75, 3.05) is 27.2 Å². The predicted octanol–water partition coefficient (Wildman–Crippen LogP) is 3.03. The van der Waals surface area contributed by atoms with Crippen LogP contribution < -0.4 is 16.0 Å². The number of carbonyl (C=O) groups excluding carboxylic acids is 2. The molecule has 0 aliphatic heterocycles. The normalized spacial score (nSPS) is 13.3. The fraction of sp³-hybridized carbons (Fsp3) is 0.391. The quantitative estimate of drug-likeness (QED) is 0.570. The van der Waals surface area contributed by atoms with Crippen LogP contribution in [0.3, 0.4) is 0 Å². The van der Waals surface area contributed by atoms with Crippen LogP contribution >= 0.6 is 0 Å². The first-order valence-corrected chi connectivity index (χ1v) is 10.1. The monoisotopic (exact) mass is 395 g/mol. The number of amides is 2. The first-order chi connectivity index (χ1) is 14.2. The molecule has 1 unspecified atom stereocenters. The fourth-order valence-electron chi connectivity index (χ4n) is 3.88. The number of hydrogen-bond acceptors (Lipinski definition) is 4. The van der Waals surface area contributed by atoms with Gasteiger partial charge in [0.25, 0.3) is 0 Å². The Balaban J connectivity index is 1.61. The molecule has 2 amide bonds. The molecule has 0 aromatic heterocycles. The van der Waals surface area contributed by atoms with Gasteiger partial charge in [-0.25, -0.2) is 4.79 Å². The Bertz CT molecular complexity index is 807. The third-order valence-corrected chi connectivity index (χ3v) is 5.37. The minimum Gasteiger partial charge on any atom is -0.449 e. The summed E-state index contributed by atoms with van der Waals surface area (Å²) in [6.07, 6.45) is 1.79. The van der Waals surface area contributed by atoms with Crippen molar-refractivity contribution in [1.29, 1.82) is 0 Å². The van der Waals surface area contributed by atoms with Gasteiger partial charge >= 0.3 is 6.09 Å². The van der Waals surface area contributed by atoms with Crippen LogP contribution in [0.25, 0.3) is 11.1 Å². The Labute approximate surface area is 172 Å². The second-order valence-corrected chi connectivity index (χ2v) is 7.24. The van der Waals surface area contributed by atoms with Crippen molar-refractivity contribution in [2.45, 2.75) is 31.2 Å². The topological polar surface area (TPSA) is 79.5 Å². The van der Waals surface area contributed by atoms with Gasteiger partial charge in [0, 0.05) is 13.0 Å². The molecular weight excluding hydrogens is 366 g/mol. The first-order valence-electron chi connectivity index (χ1n) is 10.1. The van der Waals surface area contributed by atoms with E-state index >= 15 is 0 Å². The van der Waals surface area contributed by atoms with E-state index in [9.17, 15) is 9.59 Å². The maximum atomic E-state index is 12.4. The molecule has 3 rings (SSSR count). The molecule has 6 nitrogen and oxygen atoms in total. The van der Waals surface area contributed by atoms with Crippen molar-refractivity contribution in [3.8, 4) is 11.1 Å². The Morgan fingerprint density at radius 3 is 2.17 bits per heavy atom. The van der Waals surface area contributed by atoms with E-state index in [1.54, 1.807) is 7.05 Å². The predicted molar refractivity (Wildman–Crippen MR) is 114 cm³/mol. The molecule has 3 N–H and O–H groups in total. The smallest absolute Gasteiger partial charge is 0.407 e.